The summed E-state index contributed by atoms with van der Waals surface area (Å²) in [7, 11) is -0.881. The Morgan fingerprint density at radius 3 is 1.75 bits per heavy atom. The molecule has 0 unspecified atom stereocenters. The molecule has 43 valence electrons. The van der Waals surface area contributed by atoms with Gasteiger partial charge >= 0.3 is 67.0 Å². The monoisotopic (exact) mass is 139 g/mol. The third kappa shape index (κ3) is 3.24. The summed E-state index contributed by atoms with van der Waals surface area (Å²) in [5, 5.41) is 0. The van der Waals surface area contributed by atoms with Gasteiger partial charge in [-0.05, 0) is 0 Å². The number of rotatable bonds is 2. The summed E-state index contributed by atoms with van der Waals surface area (Å²) in [6.07, 6.45) is 2.16. The Bertz CT molecular complexity index is 69.3. The third-order valence-corrected chi connectivity index (χ3v) is 6.54. The van der Waals surface area contributed by atoms with Crippen LogP contribution in [0, 0.1) is 3.55 Å². The molecule has 0 saturated carbocycles. The normalized spacial score (nSPS) is 12.9. The minimum atomic E-state index is -0.881. The molecular formula is C5H12LiSSi. The molecule has 0 saturated heterocycles. The van der Waals surface area contributed by atoms with Crippen LogP contribution in [0.3, 0.4) is 0 Å². The molecule has 0 fully saturated rings. The summed E-state index contributed by atoms with van der Waals surface area (Å²) < 4.78 is 1.64. The molecule has 3 heteroatoms. The van der Waals surface area contributed by atoms with Gasteiger partial charge in [-0.1, -0.05) is 0 Å². The van der Waals surface area contributed by atoms with Gasteiger partial charge in [-0.25, -0.2) is 0 Å². The molecule has 0 aromatic rings. The zero-order chi connectivity index (χ0) is 6.78. The molecule has 0 nitrogen and oxygen atoms in total. The van der Waals surface area contributed by atoms with Crippen LogP contribution in [0.1, 0.15) is 0 Å². The average molecular weight is 139 g/mol. The van der Waals surface area contributed by atoms with Crippen molar-refractivity contribution in [1.29, 1.82) is 0 Å². The summed E-state index contributed by atoms with van der Waals surface area (Å²) in [4.78, 5) is 0. The summed E-state index contributed by atoms with van der Waals surface area (Å²) >= 11 is 4.16. The van der Waals surface area contributed by atoms with E-state index in [9.17, 15) is 0 Å². The number of thioether (sulfide) groups is 1. The van der Waals surface area contributed by atoms with Gasteiger partial charge in [-0.15, -0.1) is 0 Å². The van der Waals surface area contributed by atoms with Gasteiger partial charge in [0.25, 0.3) is 0 Å². The molecule has 0 aliphatic carbocycles. The van der Waals surface area contributed by atoms with Crippen LogP contribution in [0.2, 0.25) is 19.6 Å². The predicted molar refractivity (Wildman–Crippen MR) is 45.9 cm³/mol. The zero-order valence-corrected chi connectivity index (χ0v) is 8.22. The van der Waals surface area contributed by atoms with Crippen LogP contribution < -0.4 is 0 Å². The first-order valence-electron chi connectivity index (χ1n) is 2.86. The van der Waals surface area contributed by atoms with E-state index in [2.05, 4.69) is 43.6 Å². The molecule has 0 atom stereocenters. The van der Waals surface area contributed by atoms with E-state index in [1.165, 1.54) is 0 Å². The summed E-state index contributed by atoms with van der Waals surface area (Å²) in [6.45, 7) is 7.12. The van der Waals surface area contributed by atoms with Gasteiger partial charge in [0.2, 0.25) is 0 Å². The van der Waals surface area contributed by atoms with E-state index in [0.717, 1.165) is 0 Å². The maximum absolute atomic E-state index is 2.37. The topological polar surface area (TPSA) is 0 Å². The molecule has 0 N–H and O–H groups in total. The Hall–Kier alpha value is 1.16. The van der Waals surface area contributed by atoms with Crippen LogP contribution in [-0.4, -0.2) is 32.0 Å². The third-order valence-electron chi connectivity index (χ3n) is 1.36. The first kappa shape index (κ1) is 9.16. The van der Waals surface area contributed by atoms with Crippen molar-refractivity contribution in [3.05, 3.63) is 3.55 Å². The first-order chi connectivity index (χ1) is 3.48. The second-order valence-corrected chi connectivity index (χ2v) is 9.64. The number of hydrogen-bond donors (Lipinski definition) is 0. The van der Waals surface area contributed by atoms with Crippen molar-refractivity contribution in [2.75, 3.05) is 6.26 Å². The van der Waals surface area contributed by atoms with Crippen molar-refractivity contribution < 1.29 is 0 Å². The molecular weight excluding hydrogens is 127 g/mol. The quantitative estimate of drug-likeness (QED) is 0.526. The molecule has 8 heavy (non-hydrogen) atoms. The Morgan fingerprint density at radius 2 is 1.75 bits per heavy atom. The van der Waals surface area contributed by atoms with Gasteiger partial charge in [0.05, 0.1) is 0 Å². The molecule has 0 aliphatic heterocycles. The Balaban J connectivity index is 3.62. The Kier molecular flexibility index (Phi) is 3.85. The van der Waals surface area contributed by atoms with E-state index in [1.807, 2.05) is 11.8 Å². The van der Waals surface area contributed by atoms with E-state index < -0.39 is 8.07 Å². The van der Waals surface area contributed by atoms with Gasteiger partial charge in [-0.3, -0.25) is 0 Å². The molecule has 0 aromatic carbocycles. The fourth-order valence-corrected chi connectivity index (χ4v) is 2.76. The maximum atomic E-state index is 2.37. The van der Waals surface area contributed by atoms with Crippen LogP contribution in [-0.2, 0) is 0 Å². The summed E-state index contributed by atoms with van der Waals surface area (Å²) in [5.41, 5.74) is 0. The predicted octanol–water partition coefficient (Wildman–Crippen LogP) is 1.88. The average Bonchev–Trinajstić information content (AvgIpc) is 1.62. The Labute approximate surface area is 67.0 Å². The van der Waals surface area contributed by atoms with Crippen molar-refractivity contribution >= 4 is 37.6 Å². The van der Waals surface area contributed by atoms with Crippen LogP contribution in [0.4, 0.5) is 0 Å². The van der Waals surface area contributed by atoms with Crippen molar-refractivity contribution in [3.8, 4) is 0 Å². The molecule has 0 rings (SSSR count). The van der Waals surface area contributed by atoms with E-state index in [1.54, 1.807) is 3.55 Å². The van der Waals surface area contributed by atoms with Crippen LogP contribution in [0.25, 0.3) is 0 Å². The van der Waals surface area contributed by atoms with Gasteiger partial charge in [0, 0.05) is 0 Å². The standard InChI is InChI=1S/C5H12SSi.Li/c1-6-5-7(2,3)4;/h1-4H3;. The summed E-state index contributed by atoms with van der Waals surface area (Å²) in [5.74, 6) is 0. The van der Waals surface area contributed by atoms with Crippen LogP contribution in [0.5, 0.6) is 0 Å². The fourth-order valence-electron chi connectivity index (χ4n) is 0.306. The molecule has 1 radical (unpaired) electrons. The zero-order valence-electron chi connectivity index (χ0n) is 6.41. The van der Waals surface area contributed by atoms with Gasteiger partial charge in [0.15, 0.2) is 0 Å². The Morgan fingerprint density at radius 1 is 1.38 bits per heavy atom. The first-order valence-corrected chi connectivity index (χ1v) is 7.59. The second-order valence-electron chi connectivity index (χ2n) is 3.01. The van der Waals surface area contributed by atoms with Crippen molar-refractivity contribution in [1.82, 2.24) is 0 Å². The minimum absolute atomic E-state index is 0.881. The summed E-state index contributed by atoms with van der Waals surface area (Å²) in [6, 6.07) is 0. The van der Waals surface area contributed by atoms with Crippen molar-refractivity contribution in [2.24, 2.45) is 0 Å². The molecule has 0 aliphatic rings. The molecule has 0 aromatic heterocycles. The van der Waals surface area contributed by atoms with E-state index >= 15 is 0 Å². The van der Waals surface area contributed by atoms with E-state index in [-0.39, 0.29) is 0 Å². The van der Waals surface area contributed by atoms with Crippen molar-refractivity contribution in [3.63, 3.8) is 0 Å². The molecule has 0 spiro atoms. The molecule has 0 amide bonds. The van der Waals surface area contributed by atoms with Gasteiger partial charge in [0.1, 0.15) is 0 Å². The van der Waals surface area contributed by atoms with Gasteiger partial charge in [-0.2, -0.15) is 0 Å². The second kappa shape index (κ2) is 3.36. The van der Waals surface area contributed by atoms with Crippen LogP contribution >= 0.6 is 11.8 Å². The van der Waals surface area contributed by atoms with E-state index in [4.69, 9.17) is 0 Å². The SMILES string of the molecule is [Li][C](SC)[Si](C)(C)C. The molecule has 0 bridgehead atoms. The van der Waals surface area contributed by atoms with E-state index in [0.29, 0.717) is 0 Å². The number of hydrogen-bond acceptors (Lipinski definition) is 1. The molecule has 0 heterocycles. The van der Waals surface area contributed by atoms with Gasteiger partial charge < -0.3 is 0 Å². The van der Waals surface area contributed by atoms with Crippen molar-refractivity contribution in [2.45, 2.75) is 19.6 Å². The fraction of sp³-hybridized carbons (Fsp3) is 0.800. The van der Waals surface area contributed by atoms with Crippen LogP contribution in [0.15, 0.2) is 0 Å².